The summed E-state index contributed by atoms with van der Waals surface area (Å²) < 4.78 is 1.92. The van der Waals surface area contributed by atoms with Gasteiger partial charge in [0.2, 0.25) is 0 Å². The molecule has 0 unspecified atom stereocenters. The molecule has 1 N–H and O–H groups in total. The Morgan fingerprint density at radius 2 is 2.16 bits per heavy atom. The lowest BCUT2D eigenvalue weighted by molar-refractivity contribution is 1.17. The van der Waals surface area contributed by atoms with Gasteiger partial charge in [-0.15, -0.1) is 0 Å². The molecule has 0 amide bonds. The molecule has 0 fully saturated rings. The molecule has 0 radical (unpaired) electrons. The highest BCUT2D eigenvalue weighted by atomic mass is 16.1. The van der Waals surface area contributed by atoms with Gasteiger partial charge < -0.3 is 9.38 Å². The Bertz CT molecular complexity index is 867. The van der Waals surface area contributed by atoms with Crippen LogP contribution in [0.1, 0.15) is 11.3 Å². The highest BCUT2D eigenvalue weighted by Crippen LogP contribution is 2.19. The van der Waals surface area contributed by atoms with Gasteiger partial charge in [0.1, 0.15) is 17.3 Å². The van der Waals surface area contributed by atoms with E-state index in [0.29, 0.717) is 0 Å². The molecule has 5 heteroatoms. The summed E-state index contributed by atoms with van der Waals surface area (Å²) in [4.78, 5) is 18.3. The summed E-state index contributed by atoms with van der Waals surface area (Å²) in [7, 11) is 0. The molecule has 3 aromatic rings. The van der Waals surface area contributed by atoms with Crippen molar-refractivity contribution in [1.82, 2.24) is 14.4 Å². The van der Waals surface area contributed by atoms with Crippen molar-refractivity contribution in [3.05, 3.63) is 58.4 Å². The fraction of sp³-hybridized carbons (Fsp3) is 0.0714. The SMILES string of the molecule is Cc1cn2cc(-c3c[nH]c(=O)c(C#N)c3)ccc2n1. The molecule has 0 aliphatic carbocycles. The van der Waals surface area contributed by atoms with Gasteiger partial charge in [0, 0.05) is 24.2 Å². The number of nitrogens with zero attached hydrogens (tertiary/aromatic N) is 3. The van der Waals surface area contributed by atoms with E-state index < -0.39 is 0 Å². The third-order valence-electron chi connectivity index (χ3n) is 2.93. The summed E-state index contributed by atoms with van der Waals surface area (Å²) in [6.45, 7) is 1.93. The van der Waals surface area contributed by atoms with Crippen molar-refractivity contribution in [3.8, 4) is 17.2 Å². The first-order chi connectivity index (χ1) is 9.17. The topological polar surface area (TPSA) is 73.9 Å². The molecule has 0 aromatic carbocycles. The molecule has 92 valence electrons. The van der Waals surface area contributed by atoms with E-state index in [1.165, 1.54) is 0 Å². The van der Waals surface area contributed by atoms with Gasteiger partial charge in [0.25, 0.3) is 5.56 Å². The van der Waals surface area contributed by atoms with Gasteiger partial charge in [-0.3, -0.25) is 4.79 Å². The largest absolute Gasteiger partial charge is 0.327 e. The first-order valence-electron chi connectivity index (χ1n) is 5.76. The molecule has 19 heavy (non-hydrogen) atoms. The number of hydrogen-bond acceptors (Lipinski definition) is 3. The monoisotopic (exact) mass is 250 g/mol. The second-order valence-corrected chi connectivity index (χ2v) is 4.31. The number of nitriles is 1. The first kappa shape index (κ1) is 11.2. The van der Waals surface area contributed by atoms with E-state index in [2.05, 4.69) is 9.97 Å². The zero-order valence-corrected chi connectivity index (χ0v) is 10.2. The molecule has 0 aliphatic heterocycles. The summed E-state index contributed by atoms with van der Waals surface area (Å²) >= 11 is 0. The van der Waals surface area contributed by atoms with E-state index in [1.807, 2.05) is 41.9 Å². The highest BCUT2D eigenvalue weighted by molar-refractivity contribution is 5.65. The van der Waals surface area contributed by atoms with Gasteiger partial charge in [-0.2, -0.15) is 5.26 Å². The van der Waals surface area contributed by atoms with Crippen molar-refractivity contribution in [2.75, 3.05) is 0 Å². The average molecular weight is 250 g/mol. The maximum Gasteiger partial charge on any atom is 0.265 e. The smallest absolute Gasteiger partial charge is 0.265 e. The Hall–Kier alpha value is -2.87. The van der Waals surface area contributed by atoms with Crippen LogP contribution in [0.2, 0.25) is 0 Å². The zero-order valence-electron chi connectivity index (χ0n) is 10.2. The molecular formula is C14H10N4O. The molecule has 0 spiro atoms. The summed E-state index contributed by atoms with van der Waals surface area (Å²) in [6, 6.07) is 7.29. The van der Waals surface area contributed by atoms with Crippen LogP contribution in [0.5, 0.6) is 0 Å². The Morgan fingerprint density at radius 3 is 2.95 bits per heavy atom. The normalized spacial score (nSPS) is 10.5. The van der Waals surface area contributed by atoms with Crippen molar-refractivity contribution in [2.24, 2.45) is 0 Å². The minimum absolute atomic E-state index is 0.111. The molecule has 3 aromatic heterocycles. The fourth-order valence-corrected chi connectivity index (χ4v) is 2.02. The van der Waals surface area contributed by atoms with Crippen LogP contribution in [-0.4, -0.2) is 14.4 Å². The van der Waals surface area contributed by atoms with Crippen LogP contribution < -0.4 is 5.56 Å². The number of pyridine rings is 2. The second-order valence-electron chi connectivity index (χ2n) is 4.31. The summed E-state index contributed by atoms with van der Waals surface area (Å²) in [5.74, 6) is 0. The maximum absolute atomic E-state index is 11.4. The van der Waals surface area contributed by atoms with Crippen molar-refractivity contribution < 1.29 is 0 Å². The quantitative estimate of drug-likeness (QED) is 0.716. The molecule has 0 aliphatic rings. The number of aryl methyl sites for hydroxylation is 1. The Morgan fingerprint density at radius 1 is 1.32 bits per heavy atom. The van der Waals surface area contributed by atoms with E-state index in [9.17, 15) is 4.79 Å². The molecular weight excluding hydrogens is 240 g/mol. The van der Waals surface area contributed by atoms with E-state index in [4.69, 9.17) is 5.26 Å². The summed E-state index contributed by atoms with van der Waals surface area (Å²) in [5, 5.41) is 8.88. The van der Waals surface area contributed by atoms with Gasteiger partial charge in [0.15, 0.2) is 0 Å². The third kappa shape index (κ3) is 1.89. The standard InChI is InChI=1S/C14H10N4O/c1-9-7-18-8-10(2-3-13(18)17-9)12-4-11(5-15)14(19)16-6-12/h2-4,6-8H,1H3,(H,16,19). The number of H-pyrrole nitrogens is 1. The van der Waals surface area contributed by atoms with Gasteiger partial charge in [-0.05, 0) is 30.7 Å². The number of fused-ring (bicyclic) bond motifs is 1. The van der Waals surface area contributed by atoms with Gasteiger partial charge in [-0.1, -0.05) is 0 Å². The van der Waals surface area contributed by atoms with Crippen LogP contribution in [-0.2, 0) is 0 Å². The minimum atomic E-state index is -0.370. The summed E-state index contributed by atoms with van der Waals surface area (Å²) in [6.07, 6.45) is 5.45. The number of aromatic nitrogens is 3. The number of nitrogens with one attached hydrogen (secondary N) is 1. The van der Waals surface area contributed by atoms with Crippen molar-refractivity contribution in [3.63, 3.8) is 0 Å². The molecule has 0 atom stereocenters. The highest BCUT2D eigenvalue weighted by Gasteiger charge is 2.05. The average Bonchev–Trinajstić information content (AvgIpc) is 2.78. The first-order valence-corrected chi connectivity index (χ1v) is 5.76. The van der Waals surface area contributed by atoms with Gasteiger partial charge >= 0.3 is 0 Å². The predicted molar refractivity (Wildman–Crippen MR) is 70.7 cm³/mol. The van der Waals surface area contributed by atoms with Crippen LogP contribution in [0.25, 0.3) is 16.8 Å². The molecule has 0 saturated heterocycles. The van der Waals surface area contributed by atoms with Crippen LogP contribution in [0.3, 0.4) is 0 Å². The van der Waals surface area contributed by atoms with Crippen molar-refractivity contribution in [2.45, 2.75) is 6.92 Å². The van der Waals surface area contributed by atoms with Crippen LogP contribution in [0.4, 0.5) is 0 Å². The molecule has 5 nitrogen and oxygen atoms in total. The molecule has 0 saturated carbocycles. The number of aromatic amines is 1. The number of imidazole rings is 1. The number of hydrogen-bond donors (Lipinski definition) is 1. The summed E-state index contributed by atoms with van der Waals surface area (Å²) in [5.41, 5.74) is 3.26. The molecule has 3 rings (SSSR count). The van der Waals surface area contributed by atoms with Gasteiger partial charge in [-0.25, -0.2) is 4.98 Å². The Labute approximate surface area is 108 Å². The zero-order chi connectivity index (χ0) is 13.4. The van der Waals surface area contributed by atoms with E-state index >= 15 is 0 Å². The lowest BCUT2D eigenvalue weighted by Crippen LogP contribution is -2.08. The Balaban J connectivity index is 2.18. The third-order valence-corrected chi connectivity index (χ3v) is 2.93. The lowest BCUT2D eigenvalue weighted by Gasteiger charge is -2.02. The number of rotatable bonds is 1. The van der Waals surface area contributed by atoms with Crippen molar-refractivity contribution >= 4 is 5.65 Å². The minimum Gasteiger partial charge on any atom is -0.327 e. The molecule has 3 heterocycles. The molecule has 0 bridgehead atoms. The second kappa shape index (κ2) is 4.10. The Kier molecular flexibility index (Phi) is 2.43. The van der Waals surface area contributed by atoms with Crippen LogP contribution in [0.15, 0.2) is 41.6 Å². The van der Waals surface area contributed by atoms with Gasteiger partial charge in [0.05, 0.1) is 5.69 Å². The van der Waals surface area contributed by atoms with Crippen LogP contribution >= 0.6 is 0 Å². The maximum atomic E-state index is 11.4. The van der Waals surface area contributed by atoms with E-state index in [-0.39, 0.29) is 11.1 Å². The van der Waals surface area contributed by atoms with E-state index in [0.717, 1.165) is 22.5 Å². The predicted octanol–water partition coefficient (Wildman–Crippen LogP) is 1.87. The van der Waals surface area contributed by atoms with E-state index in [1.54, 1.807) is 12.3 Å². The lowest BCUT2D eigenvalue weighted by atomic mass is 10.1. The fourth-order valence-electron chi connectivity index (χ4n) is 2.02. The van der Waals surface area contributed by atoms with Crippen LogP contribution in [0, 0.1) is 18.3 Å². The van der Waals surface area contributed by atoms with Crippen molar-refractivity contribution in [1.29, 1.82) is 5.26 Å².